The van der Waals surface area contributed by atoms with E-state index in [9.17, 15) is 19.5 Å². The van der Waals surface area contributed by atoms with E-state index < -0.39 is 30.3 Å². The summed E-state index contributed by atoms with van der Waals surface area (Å²) in [6, 6.07) is 15.3. The highest BCUT2D eigenvalue weighted by Gasteiger charge is 2.35. The van der Waals surface area contributed by atoms with Gasteiger partial charge in [-0.25, -0.2) is 9.59 Å². The van der Waals surface area contributed by atoms with Crippen LogP contribution in [-0.4, -0.2) is 54.5 Å². The van der Waals surface area contributed by atoms with Gasteiger partial charge >= 0.3 is 12.1 Å². The Balaban J connectivity index is 1.34. The van der Waals surface area contributed by atoms with Crippen molar-refractivity contribution >= 4 is 18.0 Å². The van der Waals surface area contributed by atoms with Gasteiger partial charge in [0.15, 0.2) is 6.10 Å². The van der Waals surface area contributed by atoms with Crippen LogP contribution in [0.2, 0.25) is 0 Å². The molecule has 2 aliphatic rings. The van der Waals surface area contributed by atoms with E-state index in [2.05, 4.69) is 34.9 Å². The Bertz CT molecular complexity index is 1030. The lowest BCUT2D eigenvalue weighted by Crippen LogP contribution is -2.46. The molecule has 1 heterocycles. The predicted molar refractivity (Wildman–Crippen MR) is 130 cm³/mol. The molecule has 3 N–H and O–H groups in total. The SMILES string of the molecule is CCCCC(CC(=O)NC1CCOC1C(=O)O)NC(=O)OCC1c2ccccc2-c2ccccc21. The lowest BCUT2D eigenvalue weighted by molar-refractivity contribution is -0.148. The molecule has 8 nitrogen and oxygen atoms in total. The quantitative estimate of drug-likeness (QED) is 0.476. The summed E-state index contributed by atoms with van der Waals surface area (Å²) in [6.45, 7) is 2.53. The van der Waals surface area contributed by atoms with Crippen LogP contribution >= 0.6 is 0 Å². The molecule has 3 atom stereocenters. The number of unbranched alkanes of at least 4 members (excludes halogenated alkanes) is 1. The number of carboxylic acid groups (broad SMARTS) is 1. The van der Waals surface area contributed by atoms with E-state index >= 15 is 0 Å². The van der Waals surface area contributed by atoms with Crippen LogP contribution < -0.4 is 10.6 Å². The van der Waals surface area contributed by atoms with Crippen molar-refractivity contribution in [2.24, 2.45) is 0 Å². The van der Waals surface area contributed by atoms with Gasteiger partial charge in [0, 0.05) is 25.0 Å². The van der Waals surface area contributed by atoms with Crippen molar-refractivity contribution in [1.29, 1.82) is 0 Å². The average molecular weight is 481 g/mol. The zero-order valence-electron chi connectivity index (χ0n) is 19.9. The highest BCUT2D eigenvalue weighted by molar-refractivity contribution is 5.81. The summed E-state index contributed by atoms with van der Waals surface area (Å²) in [6.07, 6.45) is 1.28. The van der Waals surface area contributed by atoms with Gasteiger partial charge in [-0.2, -0.15) is 0 Å². The molecule has 4 rings (SSSR count). The highest BCUT2D eigenvalue weighted by Crippen LogP contribution is 2.44. The molecule has 1 aliphatic heterocycles. The maximum absolute atomic E-state index is 12.7. The maximum Gasteiger partial charge on any atom is 0.407 e. The van der Waals surface area contributed by atoms with Crippen molar-refractivity contribution < 1.29 is 29.0 Å². The fraction of sp³-hybridized carbons (Fsp3) is 0.444. The van der Waals surface area contributed by atoms with Gasteiger partial charge in [0.1, 0.15) is 6.61 Å². The molecular formula is C27H32N2O6. The number of carbonyl (C=O) groups is 3. The molecule has 0 aromatic heterocycles. The standard InChI is InChI=1S/C27H32N2O6/c1-2-3-8-17(15-24(30)29-23-13-14-34-25(23)26(31)32)28-27(33)35-16-22-20-11-6-4-9-18(20)19-10-5-7-12-21(19)22/h4-7,9-12,17,22-23,25H,2-3,8,13-16H2,1H3,(H,28,33)(H,29,30)(H,31,32). The van der Waals surface area contributed by atoms with Crippen molar-refractivity contribution in [3.63, 3.8) is 0 Å². The number of hydrogen-bond acceptors (Lipinski definition) is 5. The molecule has 0 spiro atoms. The topological polar surface area (TPSA) is 114 Å². The monoisotopic (exact) mass is 480 g/mol. The molecule has 2 aromatic rings. The Morgan fingerprint density at radius 2 is 1.74 bits per heavy atom. The first-order valence-electron chi connectivity index (χ1n) is 12.2. The molecule has 0 radical (unpaired) electrons. The number of ether oxygens (including phenoxy) is 2. The van der Waals surface area contributed by atoms with E-state index in [1.807, 2.05) is 31.2 Å². The number of carbonyl (C=O) groups excluding carboxylic acids is 2. The van der Waals surface area contributed by atoms with Crippen LogP contribution in [0.5, 0.6) is 0 Å². The Hall–Kier alpha value is -3.39. The predicted octanol–water partition coefficient (Wildman–Crippen LogP) is 3.83. The molecule has 1 aliphatic carbocycles. The van der Waals surface area contributed by atoms with Crippen molar-refractivity contribution in [2.45, 2.75) is 63.1 Å². The minimum absolute atomic E-state index is 0.0409. The van der Waals surface area contributed by atoms with Crippen LogP contribution in [0.3, 0.4) is 0 Å². The second-order valence-corrected chi connectivity index (χ2v) is 9.11. The first-order valence-corrected chi connectivity index (χ1v) is 12.2. The molecule has 8 heteroatoms. The summed E-state index contributed by atoms with van der Waals surface area (Å²) < 4.78 is 10.8. The third-order valence-electron chi connectivity index (χ3n) is 6.69. The van der Waals surface area contributed by atoms with Gasteiger partial charge in [0.2, 0.25) is 5.91 Å². The number of benzene rings is 2. The van der Waals surface area contributed by atoms with Crippen LogP contribution in [0.25, 0.3) is 11.1 Å². The molecular weight excluding hydrogens is 448 g/mol. The number of alkyl carbamates (subject to hydrolysis) is 1. The van der Waals surface area contributed by atoms with Gasteiger partial charge < -0.3 is 25.2 Å². The van der Waals surface area contributed by atoms with E-state index in [1.54, 1.807) is 0 Å². The van der Waals surface area contributed by atoms with Crippen molar-refractivity contribution in [1.82, 2.24) is 10.6 Å². The molecule has 0 saturated carbocycles. The Labute approximate surface area is 205 Å². The number of hydrogen-bond donors (Lipinski definition) is 3. The van der Waals surface area contributed by atoms with Gasteiger partial charge in [-0.15, -0.1) is 0 Å². The van der Waals surface area contributed by atoms with Crippen molar-refractivity contribution in [3.05, 3.63) is 59.7 Å². The fourth-order valence-corrected chi connectivity index (χ4v) is 4.95. The molecule has 186 valence electrons. The minimum atomic E-state index is -1.09. The molecule has 2 amide bonds. The summed E-state index contributed by atoms with van der Waals surface area (Å²) in [5.41, 5.74) is 4.58. The van der Waals surface area contributed by atoms with Crippen LogP contribution in [0, 0.1) is 0 Å². The average Bonchev–Trinajstić information content (AvgIpc) is 3.44. The van der Waals surface area contributed by atoms with Gasteiger partial charge in [-0.1, -0.05) is 68.3 Å². The molecule has 35 heavy (non-hydrogen) atoms. The fourth-order valence-electron chi connectivity index (χ4n) is 4.95. The zero-order valence-corrected chi connectivity index (χ0v) is 19.9. The van der Waals surface area contributed by atoms with E-state index in [4.69, 9.17) is 9.47 Å². The molecule has 0 bridgehead atoms. The largest absolute Gasteiger partial charge is 0.479 e. The first-order chi connectivity index (χ1) is 17.0. The van der Waals surface area contributed by atoms with Crippen molar-refractivity contribution in [3.8, 4) is 11.1 Å². The second kappa shape index (κ2) is 11.4. The van der Waals surface area contributed by atoms with Crippen LogP contribution in [0.4, 0.5) is 4.79 Å². The van der Waals surface area contributed by atoms with Gasteiger partial charge in [0.25, 0.3) is 0 Å². The highest BCUT2D eigenvalue weighted by atomic mass is 16.5. The number of amides is 2. The lowest BCUT2D eigenvalue weighted by atomic mass is 9.98. The van der Waals surface area contributed by atoms with E-state index in [1.165, 1.54) is 0 Å². The minimum Gasteiger partial charge on any atom is -0.479 e. The van der Waals surface area contributed by atoms with Crippen LogP contribution in [0.1, 0.15) is 56.1 Å². The molecule has 3 unspecified atom stereocenters. The van der Waals surface area contributed by atoms with E-state index in [0.29, 0.717) is 19.4 Å². The Morgan fingerprint density at radius 1 is 1.09 bits per heavy atom. The number of nitrogens with one attached hydrogen (secondary N) is 2. The number of aliphatic carboxylic acids is 1. The maximum atomic E-state index is 12.7. The summed E-state index contributed by atoms with van der Waals surface area (Å²) in [5.74, 6) is -1.44. The third kappa shape index (κ3) is 5.82. The number of carboxylic acids is 1. The van der Waals surface area contributed by atoms with Crippen LogP contribution in [0.15, 0.2) is 48.5 Å². The summed E-state index contributed by atoms with van der Waals surface area (Å²) in [7, 11) is 0. The summed E-state index contributed by atoms with van der Waals surface area (Å²) in [5, 5.41) is 14.8. The smallest absolute Gasteiger partial charge is 0.407 e. The molecule has 2 aromatic carbocycles. The van der Waals surface area contributed by atoms with E-state index in [0.717, 1.165) is 35.1 Å². The summed E-state index contributed by atoms with van der Waals surface area (Å²) >= 11 is 0. The van der Waals surface area contributed by atoms with E-state index in [-0.39, 0.29) is 24.9 Å². The number of fused-ring (bicyclic) bond motifs is 3. The van der Waals surface area contributed by atoms with Crippen molar-refractivity contribution in [2.75, 3.05) is 13.2 Å². The Morgan fingerprint density at radius 3 is 2.37 bits per heavy atom. The molecule has 1 saturated heterocycles. The first kappa shape index (κ1) is 24.7. The number of rotatable bonds is 10. The summed E-state index contributed by atoms with van der Waals surface area (Å²) in [4.78, 5) is 36.6. The second-order valence-electron chi connectivity index (χ2n) is 9.11. The van der Waals surface area contributed by atoms with Gasteiger partial charge in [0.05, 0.1) is 6.04 Å². The van der Waals surface area contributed by atoms with Gasteiger partial charge in [-0.3, -0.25) is 4.79 Å². The Kier molecular flexibility index (Phi) is 8.02. The lowest BCUT2D eigenvalue weighted by Gasteiger charge is -2.21. The third-order valence-corrected chi connectivity index (χ3v) is 6.69. The van der Waals surface area contributed by atoms with Gasteiger partial charge in [-0.05, 0) is 35.1 Å². The normalized spacial score (nSPS) is 19.5. The van der Waals surface area contributed by atoms with Crippen LogP contribution in [-0.2, 0) is 19.1 Å². The molecule has 1 fully saturated rings. The zero-order chi connectivity index (χ0) is 24.8.